The lowest BCUT2D eigenvalue weighted by molar-refractivity contribution is -0.120. The molecule has 2 amide bonds. The highest BCUT2D eigenvalue weighted by Gasteiger charge is 2.43. The molecule has 0 aliphatic carbocycles. The molecule has 1 aromatic heterocycles. The molecular weight excluding hydrogens is 414 g/mol. The predicted molar refractivity (Wildman–Crippen MR) is 128 cm³/mol. The number of carbonyl (C=O) groups is 2. The maximum atomic E-state index is 13.7. The van der Waals surface area contributed by atoms with E-state index in [9.17, 15) is 9.59 Å². The molecule has 3 aromatic rings. The third kappa shape index (κ3) is 3.75. The number of nitrogens with zero attached hydrogens (tertiary/aromatic N) is 5. The van der Waals surface area contributed by atoms with Crippen LogP contribution >= 0.6 is 0 Å². The second-order valence-electron chi connectivity index (χ2n) is 8.34. The Hall–Kier alpha value is -4.00. The summed E-state index contributed by atoms with van der Waals surface area (Å²) in [5, 5.41) is 0. The molecule has 0 spiro atoms. The Kier molecular flexibility index (Phi) is 5.38. The lowest BCUT2D eigenvalue weighted by Crippen LogP contribution is -2.48. The zero-order chi connectivity index (χ0) is 22.9. The third-order valence-electron chi connectivity index (χ3n) is 6.19. The number of aryl methyl sites for hydroxylation is 2. The van der Waals surface area contributed by atoms with Crippen LogP contribution in [0.2, 0.25) is 0 Å². The van der Waals surface area contributed by atoms with Crippen LogP contribution in [0.5, 0.6) is 0 Å². The van der Waals surface area contributed by atoms with Crippen molar-refractivity contribution in [1.29, 1.82) is 0 Å². The summed E-state index contributed by atoms with van der Waals surface area (Å²) < 4.78 is 0. The fourth-order valence-electron chi connectivity index (χ4n) is 4.41. The van der Waals surface area contributed by atoms with Crippen LogP contribution in [0.1, 0.15) is 16.7 Å². The predicted octanol–water partition coefficient (Wildman–Crippen LogP) is 3.20. The van der Waals surface area contributed by atoms with Gasteiger partial charge in [0.15, 0.2) is 0 Å². The Morgan fingerprint density at radius 2 is 1.36 bits per heavy atom. The average molecular weight is 440 g/mol. The van der Waals surface area contributed by atoms with Gasteiger partial charge in [0.1, 0.15) is 5.70 Å². The molecule has 0 radical (unpaired) electrons. The van der Waals surface area contributed by atoms with E-state index in [2.05, 4.69) is 14.9 Å². The fraction of sp³-hybridized carbons (Fsp3) is 0.231. The zero-order valence-electron chi connectivity index (χ0n) is 18.7. The molecule has 0 saturated carbocycles. The third-order valence-corrected chi connectivity index (χ3v) is 6.19. The minimum absolute atomic E-state index is 0.269. The van der Waals surface area contributed by atoms with E-state index in [1.807, 2.05) is 67.3 Å². The molecule has 7 nitrogen and oxygen atoms in total. The fourth-order valence-corrected chi connectivity index (χ4v) is 4.41. The van der Waals surface area contributed by atoms with Crippen molar-refractivity contribution in [2.24, 2.45) is 0 Å². The van der Waals surface area contributed by atoms with E-state index in [1.165, 1.54) is 4.90 Å². The SMILES string of the molecule is Cc1ccc(C2=C(N3CCN(c4ncccn4)CC3)C(=O)N(c3ccccc3C)C2=O)cc1. The first-order valence-corrected chi connectivity index (χ1v) is 11.1. The highest BCUT2D eigenvalue weighted by molar-refractivity contribution is 6.45. The second-order valence-corrected chi connectivity index (χ2v) is 8.34. The van der Waals surface area contributed by atoms with E-state index < -0.39 is 0 Å². The van der Waals surface area contributed by atoms with E-state index in [0.29, 0.717) is 49.1 Å². The number of carbonyl (C=O) groups excluding carboxylic acids is 2. The summed E-state index contributed by atoms with van der Waals surface area (Å²) in [5.74, 6) is 0.136. The molecule has 1 fully saturated rings. The van der Waals surface area contributed by atoms with Crippen molar-refractivity contribution in [2.75, 3.05) is 36.0 Å². The molecule has 2 aliphatic rings. The van der Waals surface area contributed by atoms with Crippen LogP contribution in [0.3, 0.4) is 0 Å². The van der Waals surface area contributed by atoms with Gasteiger partial charge in [-0.3, -0.25) is 9.59 Å². The second kappa shape index (κ2) is 8.50. The van der Waals surface area contributed by atoms with Gasteiger partial charge in [0.25, 0.3) is 11.8 Å². The average Bonchev–Trinajstić information content (AvgIpc) is 3.10. The van der Waals surface area contributed by atoms with Gasteiger partial charge in [0.2, 0.25) is 5.95 Å². The quantitative estimate of drug-likeness (QED) is 0.582. The number of imide groups is 1. The molecule has 3 heterocycles. The molecule has 166 valence electrons. The molecule has 0 atom stereocenters. The van der Waals surface area contributed by atoms with Gasteiger partial charge in [0.05, 0.1) is 11.3 Å². The van der Waals surface area contributed by atoms with Crippen molar-refractivity contribution in [1.82, 2.24) is 14.9 Å². The van der Waals surface area contributed by atoms with Crippen LogP contribution in [0.25, 0.3) is 5.57 Å². The van der Waals surface area contributed by atoms with E-state index in [1.54, 1.807) is 18.5 Å². The van der Waals surface area contributed by atoms with Gasteiger partial charge in [-0.05, 0) is 37.1 Å². The van der Waals surface area contributed by atoms with Gasteiger partial charge in [-0.25, -0.2) is 14.9 Å². The summed E-state index contributed by atoms with van der Waals surface area (Å²) in [6, 6.07) is 17.1. The Labute approximate surface area is 193 Å². The molecule has 0 N–H and O–H groups in total. The summed E-state index contributed by atoms with van der Waals surface area (Å²) in [6.45, 7) is 6.46. The van der Waals surface area contributed by atoms with E-state index in [-0.39, 0.29) is 11.8 Å². The normalized spacial score (nSPS) is 16.7. The molecule has 1 saturated heterocycles. The lowest BCUT2D eigenvalue weighted by Gasteiger charge is -2.36. The first kappa shape index (κ1) is 20.9. The van der Waals surface area contributed by atoms with Crippen molar-refractivity contribution in [3.05, 3.63) is 89.4 Å². The number of amides is 2. The molecular formula is C26H25N5O2. The van der Waals surface area contributed by atoms with Crippen LogP contribution in [0, 0.1) is 13.8 Å². The number of para-hydroxylation sites is 1. The molecule has 0 unspecified atom stereocenters. The maximum Gasteiger partial charge on any atom is 0.282 e. The van der Waals surface area contributed by atoms with Crippen LogP contribution in [0.4, 0.5) is 11.6 Å². The van der Waals surface area contributed by atoms with Crippen LogP contribution < -0.4 is 9.80 Å². The summed E-state index contributed by atoms with van der Waals surface area (Å²) in [5.41, 5.74) is 4.32. The van der Waals surface area contributed by atoms with Crippen molar-refractivity contribution >= 4 is 29.0 Å². The minimum Gasteiger partial charge on any atom is -0.363 e. The number of piperazine rings is 1. The lowest BCUT2D eigenvalue weighted by atomic mass is 10.0. The van der Waals surface area contributed by atoms with E-state index in [4.69, 9.17) is 0 Å². The molecule has 2 aliphatic heterocycles. The number of aromatic nitrogens is 2. The number of hydrogen-bond acceptors (Lipinski definition) is 6. The Morgan fingerprint density at radius 3 is 2.03 bits per heavy atom. The molecule has 0 bridgehead atoms. The first-order valence-electron chi connectivity index (χ1n) is 11.1. The first-order chi connectivity index (χ1) is 16.0. The Balaban J connectivity index is 1.52. The van der Waals surface area contributed by atoms with Crippen molar-refractivity contribution in [3.8, 4) is 0 Å². The maximum absolute atomic E-state index is 13.7. The number of anilines is 2. The Morgan fingerprint density at radius 1 is 0.727 bits per heavy atom. The number of benzene rings is 2. The highest BCUT2D eigenvalue weighted by Crippen LogP contribution is 2.36. The van der Waals surface area contributed by atoms with Crippen molar-refractivity contribution in [2.45, 2.75) is 13.8 Å². The molecule has 2 aromatic carbocycles. The van der Waals surface area contributed by atoms with Gasteiger partial charge in [-0.15, -0.1) is 0 Å². The highest BCUT2D eigenvalue weighted by atomic mass is 16.2. The topological polar surface area (TPSA) is 69.6 Å². The molecule has 33 heavy (non-hydrogen) atoms. The van der Waals surface area contributed by atoms with Gasteiger partial charge in [0, 0.05) is 38.6 Å². The summed E-state index contributed by atoms with van der Waals surface area (Å²) in [4.78, 5) is 41.6. The smallest absolute Gasteiger partial charge is 0.282 e. The monoisotopic (exact) mass is 439 g/mol. The van der Waals surface area contributed by atoms with Gasteiger partial charge < -0.3 is 9.80 Å². The van der Waals surface area contributed by atoms with Crippen LogP contribution in [-0.2, 0) is 9.59 Å². The van der Waals surface area contributed by atoms with Gasteiger partial charge in [-0.2, -0.15) is 0 Å². The number of rotatable bonds is 4. The zero-order valence-corrected chi connectivity index (χ0v) is 18.7. The van der Waals surface area contributed by atoms with Crippen molar-refractivity contribution in [3.63, 3.8) is 0 Å². The van der Waals surface area contributed by atoms with E-state index >= 15 is 0 Å². The van der Waals surface area contributed by atoms with E-state index in [0.717, 1.165) is 16.7 Å². The van der Waals surface area contributed by atoms with Gasteiger partial charge in [-0.1, -0.05) is 48.0 Å². The summed E-state index contributed by atoms with van der Waals surface area (Å²) in [7, 11) is 0. The van der Waals surface area contributed by atoms with Crippen molar-refractivity contribution < 1.29 is 9.59 Å². The molecule has 7 heteroatoms. The molecule has 5 rings (SSSR count). The summed E-state index contributed by atoms with van der Waals surface area (Å²) in [6.07, 6.45) is 3.46. The Bertz CT molecular complexity index is 1230. The standard InChI is InChI=1S/C26H25N5O2/c1-18-8-10-20(11-9-18)22-23(25(33)31(24(22)32)21-7-4-3-6-19(21)2)29-14-16-30(17-15-29)26-27-12-5-13-28-26/h3-13H,14-17H2,1-2H3. The minimum atomic E-state index is -0.276. The van der Waals surface area contributed by atoms with Crippen LogP contribution in [-0.4, -0.2) is 52.9 Å². The van der Waals surface area contributed by atoms with Gasteiger partial charge >= 0.3 is 0 Å². The largest absolute Gasteiger partial charge is 0.363 e. The summed E-state index contributed by atoms with van der Waals surface area (Å²) >= 11 is 0. The van der Waals surface area contributed by atoms with Crippen LogP contribution in [0.15, 0.2) is 72.7 Å². The number of hydrogen-bond donors (Lipinski definition) is 0.